The molecule has 0 bridgehead atoms. The fraction of sp³-hybridized carbons (Fsp3) is 0.833. The van der Waals surface area contributed by atoms with Gasteiger partial charge in [-0.3, -0.25) is 0 Å². The first-order valence-corrected chi connectivity index (χ1v) is 11.4. The normalized spacial score (nSPS) is 37.2. The van der Waals surface area contributed by atoms with Crippen molar-refractivity contribution >= 4 is 7.85 Å². The molecule has 0 aromatic carbocycles. The highest BCUT2D eigenvalue weighted by molar-refractivity contribution is 6.22. The van der Waals surface area contributed by atoms with Crippen molar-refractivity contribution in [2.75, 3.05) is 0 Å². The lowest BCUT2D eigenvalue weighted by atomic mass is 9.54. The number of hydrogen-bond acceptors (Lipinski definition) is 0. The molecule has 0 N–H and O–H groups in total. The maximum atomic E-state index is 4.00. The zero-order chi connectivity index (χ0) is 17.8. The first kappa shape index (κ1) is 19.3. The van der Waals surface area contributed by atoms with Gasteiger partial charge in [-0.25, -0.2) is 0 Å². The molecule has 0 radical (unpaired) electrons. The van der Waals surface area contributed by atoms with Gasteiger partial charge >= 0.3 is 0 Å². The molecule has 1 heteroatoms. The summed E-state index contributed by atoms with van der Waals surface area (Å²) in [6, 6.07) is 0. The molecule has 6 atom stereocenters. The van der Waals surface area contributed by atoms with Crippen molar-refractivity contribution in [3.8, 4) is 0 Å². The molecule has 0 saturated heterocycles. The standard InChI is InChI=1S/C24H41B/c1-4-5-10-18(17(2)3)19-11-6-7-12-20(19)22-15-16-24(25)23-14-9-8-13-21(22)23/h4,16-23H,1,5-15,25H2,2-3H3. The van der Waals surface area contributed by atoms with Crippen molar-refractivity contribution in [3.63, 3.8) is 0 Å². The van der Waals surface area contributed by atoms with Crippen LogP contribution in [0.1, 0.15) is 84.5 Å². The van der Waals surface area contributed by atoms with E-state index in [1.165, 1.54) is 70.6 Å². The van der Waals surface area contributed by atoms with E-state index < -0.39 is 0 Å². The molecule has 3 rings (SSSR count). The second kappa shape index (κ2) is 8.96. The van der Waals surface area contributed by atoms with Gasteiger partial charge in [-0.15, -0.1) is 12.1 Å². The van der Waals surface area contributed by atoms with Crippen LogP contribution in [0.15, 0.2) is 24.2 Å². The van der Waals surface area contributed by atoms with Crippen LogP contribution in [0.2, 0.25) is 0 Å². The van der Waals surface area contributed by atoms with E-state index in [4.69, 9.17) is 0 Å². The van der Waals surface area contributed by atoms with Crippen LogP contribution in [0.25, 0.3) is 0 Å². The summed E-state index contributed by atoms with van der Waals surface area (Å²) < 4.78 is 0. The largest absolute Gasteiger partial charge is 0.133 e. The van der Waals surface area contributed by atoms with Gasteiger partial charge in [0.15, 0.2) is 0 Å². The summed E-state index contributed by atoms with van der Waals surface area (Å²) in [4.78, 5) is 0. The number of hydrogen-bond donors (Lipinski definition) is 0. The van der Waals surface area contributed by atoms with E-state index in [9.17, 15) is 0 Å². The lowest BCUT2D eigenvalue weighted by Crippen LogP contribution is -2.41. The van der Waals surface area contributed by atoms with Gasteiger partial charge in [-0.2, -0.15) is 0 Å². The van der Waals surface area contributed by atoms with E-state index in [-0.39, 0.29) is 0 Å². The molecule has 0 spiro atoms. The number of rotatable bonds is 6. The summed E-state index contributed by atoms with van der Waals surface area (Å²) in [6.45, 7) is 8.96. The molecule has 0 aromatic heterocycles. The van der Waals surface area contributed by atoms with Crippen molar-refractivity contribution in [2.24, 2.45) is 41.4 Å². The highest BCUT2D eigenvalue weighted by Crippen LogP contribution is 2.52. The van der Waals surface area contributed by atoms with Crippen LogP contribution < -0.4 is 0 Å². The molecule has 3 aliphatic rings. The summed E-state index contributed by atoms with van der Waals surface area (Å²) in [6.07, 6.45) is 20.7. The SMILES string of the molecule is BC1=CCC(C2CCCCC2C(CCC=C)C(C)C)C2CCCCC12. The predicted molar refractivity (Wildman–Crippen MR) is 113 cm³/mol. The molecule has 0 nitrogen and oxygen atoms in total. The summed E-state index contributed by atoms with van der Waals surface area (Å²) in [5, 5.41) is 0. The van der Waals surface area contributed by atoms with Gasteiger partial charge in [0.1, 0.15) is 7.85 Å². The van der Waals surface area contributed by atoms with Crippen LogP contribution in [0.3, 0.4) is 0 Å². The van der Waals surface area contributed by atoms with Gasteiger partial charge in [-0.05, 0) is 86.4 Å². The molecule has 3 aliphatic carbocycles. The van der Waals surface area contributed by atoms with Crippen molar-refractivity contribution in [2.45, 2.75) is 84.5 Å². The average molecular weight is 340 g/mol. The second-order valence-corrected chi connectivity index (χ2v) is 9.79. The highest BCUT2D eigenvalue weighted by Gasteiger charge is 2.43. The molecular weight excluding hydrogens is 299 g/mol. The Morgan fingerprint density at radius 3 is 2.44 bits per heavy atom. The van der Waals surface area contributed by atoms with E-state index in [0.29, 0.717) is 0 Å². The smallest absolute Gasteiger partial charge is 0.111 e. The fourth-order valence-corrected chi connectivity index (χ4v) is 6.98. The minimum absolute atomic E-state index is 0.827. The van der Waals surface area contributed by atoms with Crippen LogP contribution in [-0.4, -0.2) is 7.85 Å². The van der Waals surface area contributed by atoms with E-state index in [1.54, 1.807) is 5.47 Å². The fourth-order valence-electron chi connectivity index (χ4n) is 6.98. The van der Waals surface area contributed by atoms with Crippen LogP contribution in [0.5, 0.6) is 0 Å². The molecule has 0 heterocycles. The molecule has 2 fully saturated rings. The Balaban J connectivity index is 1.80. The molecule has 2 saturated carbocycles. The summed E-state index contributed by atoms with van der Waals surface area (Å²) in [5.74, 6) is 6.65. The van der Waals surface area contributed by atoms with Gasteiger partial charge in [-0.1, -0.05) is 51.7 Å². The Labute approximate surface area is 158 Å². The quantitative estimate of drug-likeness (QED) is 0.389. The van der Waals surface area contributed by atoms with Gasteiger partial charge in [0.2, 0.25) is 0 Å². The Bertz CT molecular complexity index is 463. The highest BCUT2D eigenvalue weighted by atomic mass is 14.5. The summed E-state index contributed by atoms with van der Waals surface area (Å²) in [7, 11) is 2.43. The molecular formula is C24H41B. The maximum absolute atomic E-state index is 4.00. The molecule has 0 aromatic rings. The van der Waals surface area contributed by atoms with Crippen LogP contribution >= 0.6 is 0 Å². The van der Waals surface area contributed by atoms with E-state index >= 15 is 0 Å². The van der Waals surface area contributed by atoms with Crippen molar-refractivity contribution in [1.29, 1.82) is 0 Å². The van der Waals surface area contributed by atoms with Gasteiger partial charge in [0, 0.05) is 0 Å². The lowest BCUT2D eigenvalue weighted by molar-refractivity contribution is 0.0272. The van der Waals surface area contributed by atoms with E-state index in [0.717, 1.165) is 41.4 Å². The molecule has 0 aliphatic heterocycles. The van der Waals surface area contributed by atoms with E-state index in [1.807, 2.05) is 0 Å². The molecule has 6 unspecified atom stereocenters. The second-order valence-electron chi connectivity index (χ2n) is 9.79. The molecule has 25 heavy (non-hydrogen) atoms. The zero-order valence-corrected chi connectivity index (χ0v) is 17.2. The Morgan fingerprint density at radius 2 is 1.72 bits per heavy atom. The number of fused-ring (bicyclic) bond motifs is 1. The Hall–Kier alpha value is -0.455. The third-order valence-electron chi connectivity index (χ3n) is 8.20. The van der Waals surface area contributed by atoms with E-state index in [2.05, 4.69) is 40.4 Å². The molecule has 0 amide bonds. The monoisotopic (exact) mass is 340 g/mol. The van der Waals surface area contributed by atoms with Gasteiger partial charge < -0.3 is 0 Å². The third-order valence-corrected chi connectivity index (χ3v) is 8.20. The van der Waals surface area contributed by atoms with Crippen molar-refractivity contribution in [3.05, 3.63) is 24.2 Å². The van der Waals surface area contributed by atoms with Crippen LogP contribution in [0, 0.1) is 41.4 Å². The summed E-state index contributed by atoms with van der Waals surface area (Å²) in [5.41, 5.74) is 1.74. The Kier molecular flexibility index (Phi) is 6.92. The minimum Gasteiger partial charge on any atom is -0.111 e. The first-order chi connectivity index (χ1) is 12.1. The van der Waals surface area contributed by atoms with Crippen LogP contribution in [-0.2, 0) is 0 Å². The predicted octanol–water partition coefficient (Wildman–Crippen LogP) is 6.37. The van der Waals surface area contributed by atoms with Crippen molar-refractivity contribution in [1.82, 2.24) is 0 Å². The van der Waals surface area contributed by atoms with Gasteiger partial charge in [0.25, 0.3) is 0 Å². The minimum atomic E-state index is 0.827. The summed E-state index contributed by atoms with van der Waals surface area (Å²) >= 11 is 0. The molecule has 140 valence electrons. The number of allylic oxidation sites excluding steroid dienone is 3. The zero-order valence-electron chi connectivity index (χ0n) is 17.2. The lowest BCUT2D eigenvalue weighted by Gasteiger charge is -2.50. The van der Waals surface area contributed by atoms with Gasteiger partial charge in [0.05, 0.1) is 0 Å². The average Bonchev–Trinajstić information content (AvgIpc) is 2.63. The maximum Gasteiger partial charge on any atom is 0.133 e. The third kappa shape index (κ3) is 4.28. The first-order valence-electron chi connectivity index (χ1n) is 11.4. The topological polar surface area (TPSA) is 0 Å². The van der Waals surface area contributed by atoms with Crippen molar-refractivity contribution < 1.29 is 0 Å². The Morgan fingerprint density at radius 1 is 1.04 bits per heavy atom. The van der Waals surface area contributed by atoms with Crippen LogP contribution in [0.4, 0.5) is 0 Å².